The number of rotatable bonds is 4. The first-order valence-electron chi connectivity index (χ1n) is 6.85. The maximum atomic E-state index is 13.4. The van der Waals surface area contributed by atoms with Crippen molar-refractivity contribution in [1.29, 1.82) is 0 Å². The lowest BCUT2D eigenvalue weighted by Gasteiger charge is -2.32. The molecular weight excluding hydrogens is 361 g/mol. The first-order chi connectivity index (χ1) is 9.75. The van der Waals surface area contributed by atoms with Gasteiger partial charge in [0.1, 0.15) is 5.82 Å². The normalized spacial score (nSPS) is 22.2. The van der Waals surface area contributed by atoms with Gasteiger partial charge in [0.15, 0.2) is 0 Å². The molecule has 1 aliphatic heterocycles. The van der Waals surface area contributed by atoms with Crippen LogP contribution in [0.2, 0.25) is 0 Å². The Hall–Kier alpha value is -0.500. The second-order valence-corrected chi connectivity index (χ2v) is 8.48. The number of hydrogen-bond donors (Lipinski definition) is 1. The molecule has 7 heteroatoms. The molecule has 1 fully saturated rings. The molecule has 0 aliphatic carbocycles. The number of sulfonamides is 1. The molecule has 21 heavy (non-hydrogen) atoms. The predicted octanol–water partition coefficient (Wildman–Crippen LogP) is 2.68. The van der Waals surface area contributed by atoms with Crippen molar-refractivity contribution in [2.75, 3.05) is 19.3 Å². The minimum absolute atomic E-state index is 0.0884. The Morgan fingerprint density at radius 3 is 2.81 bits per heavy atom. The summed E-state index contributed by atoms with van der Waals surface area (Å²) in [6, 6.07) is 4.33. The minimum atomic E-state index is -3.19. The molecule has 0 saturated carbocycles. The third kappa shape index (κ3) is 4.74. The van der Waals surface area contributed by atoms with Crippen LogP contribution in [0.25, 0.3) is 0 Å². The van der Waals surface area contributed by atoms with E-state index in [9.17, 15) is 17.9 Å². The molecule has 0 bridgehead atoms. The first-order valence-corrected chi connectivity index (χ1v) is 9.49. The second-order valence-electron chi connectivity index (χ2n) is 5.58. The lowest BCUT2D eigenvalue weighted by molar-refractivity contribution is 0.122. The first kappa shape index (κ1) is 16.9. The van der Waals surface area contributed by atoms with E-state index in [1.165, 1.54) is 22.7 Å². The maximum absolute atomic E-state index is 13.4. The zero-order valence-electron chi connectivity index (χ0n) is 11.8. The number of aliphatic hydroxyl groups is 1. The summed E-state index contributed by atoms with van der Waals surface area (Å²) in [4.78, 5) is 0. The zero-order chi connectivity index (χ0) is 15.6. The van der Waals surface area contributed by atoms with Crippen LogP contribution in [0.1, 0.15) is 30.9 Å². The Labute approximate surface area is 133 Å². The number of hydrogen-bond acceptors (Lipinski definition) is 3. The molecule has 118 valence electrons. The molecule has 0 aromatic heterocycles. The van der Waals surface area contributed by atoms with Gasteiger partial charge in [-0.25, -0.2) is 17.1 Å². The van der Waals surface area contributed by atoms with Crippen molar-refractivity contribution in [1.82, 2.24) is 4.31 Å². The van der Waals surface area contributed by atoms with Gasteiger partial charge in [0.2, 0.25) is 10.0 Å². The van der Waals surface area contributed by atoms with Crippen LogP contribution in [0, 0.1) is 11.7 Å². The van der Waals surface area contributed by atoms with E-state index in [-0.39, 0.29) is 5.92 Å². The van der Waals surface area contributed by atoms with Crippen molar-refractivity contribution in [2.24, 2.45) is 5.92 Å². The van der Waals surface area contributed by atoms with Crippen LogP contribution in [0.4, 0.5) is 4.39 Å². The number of halogens is 2. The van der Waals surface area contributed by atoms with Gasteiger partial charge in [-0.2, -0.15) is 0 Å². The number of nitrogens with zero attached hydrogens (tertiary/aromatic N) is 1. The molecule has 0 amide bonds. The summed E-state index contributed by atoms with van der Waals surface area (Å²) in [5.41, 5.74) is 0.512. The van der Waals surface area contributed by atoms with Crippen LogP contribution in [-0.4, -0.2) is 37.2 Å². The average molecular weight is 380 g/mol. The molecule has 1 aliphatic rings. The van der Waals surface area contributed by atoms with Gasteiger partial charge in [-0.1, -0.05) is 15.9 Å². The van der Waals surface area contributed by atoms with E-state index < -0.39 is 21.9 Å². The van der Waals surface area contributed by atoms with Crippen LogP contribution in [0.3, 0.4) is 0 Å². The van der Waals surface area contributed by atoms with E-state index in [1.807, 2.05) is 0 Å². The van der Waals surface area contributed by atoms with Crippen LogP contribution in [0.5, 0.6) is 0 Å². The largest absolute Gasteiger partial charge is 0.388 e. The van der Waals surface area contributed by atoms with Gasteiger partial charge < -0.3 is 5.11 Å². The smallest absolute Gasteiger partial charge is 0.211 e. The van der Waals surface area contributed by atoms with Crippen molar-refractivity contribution in [2.45, 2.75) is 25.4 Å². The molecule has 4 nitrogen and oxygen atoms in total. The van der Waals surface area contributed by atoms with E-state index in [0.717, 1.165) is 12.8 Å². The van der Waals surface area contributed by atoms with Gasteiger partial charge in [-0.15, -0.1) is 0 Å². The van der Waals surface area contributed by atoms with Gasteiger partial charge >= 0.3 is 0 Å². The topological polar surface area (TPSA) is 57.6 Å². The van der Waals surface area contributed by atoms with E-state index in [4.69, 9.17) is 0 Å². The molecule has 1 heterocycles. The van der Waals surface area contributed by atoms with E-state index in [0.29, 0.717) is 29.5 Å². The predicted molar refractivity (Wildman–Crippen MR) is 82.8 cm³/mol. The SMILES string of the molecule is CS(=O)(=O)N1CCCC(CC(O)c2cc(F)cc(Br)c2)C1. The summed E-state index contributed by atoms with van der Waals surface area (Å²) in [6.45, 7) is 0.962. The molecule has 1 aromatic rings. The summed E-state index contributed by atoms with van der Waals surface area (Å²) >= 11 is 3.20. The molecule has 2 unspecified atom stereocenters. The molecule has 0 spiro atoms. The average Bonchev–Trinajstić information content (AvgIpc) is 2.37. The highest BCUT2D eigenvalue weighted by molar-refractivity contribution is 9.10. The Kier molecular flexibility index (Phi) is 5.40. The highest BCUT2D eigenvalue weighted by Gasteiger charge is 2.27. The highest BCUT2D eigenvalue weighted by atomic mass is 79.9. The maximum Gasteiger partial charge on any atom is 0.211 e. The Balaban J connectivity index is 2.03. The van der Waals surface area contributed by atoms with Gasteiger partial charge in [-0.3, -0.25) is 0 Å². The molecular formula is C14H19BrFNO3S. The standard InChI is InChI=1S/C14H19BrFNO3S/c1-21(19,20)17-4-2-3-10(9-17)5-14(18)11-6-12(15)8-13(16)7-11/h6-8,10,14,18H,2-5,9H2,1H3. The summed E-state index contributed by atoms with van der Waals surface area (Å²) < 4.78 is 38.6. The molecule has 1 N–H and O–H groups in total. The Bertz CT molecular complexity index is 588. The Morgan fingerprint density at radius 2 is 2.19 bits per heavy atom. The molecule has 0 radical (unpaired) electrons. The summed E-state index contributed by atoms with van der Waals surface area (Å²) in [7, 11) is -3.19. The van der Waals surface area contributed by atoms with Gasteiger partial charge in [0.05, 0.1) is 12.4 Å². The number of benzene rings is 1. The monoisotopic (exact) mass is 379 g/mol. The Morgan fingerprint density at radius 1 is 1.48 bits per heavy atom. The minimum Gasteiger partial charge on any atom is -0.388 e. The van der Waals surface area contributed by atoms with Crippen molar-refractivity contribution in [3.63, 3.8) is 0 Å². The van der Waals surface area contributed by atoms with Crippen molar-refractivity contribution < 1.29 is 17.9 Å². The third-order valence-corrected chi connectivity index (χ3v) is 5.50. The van der Waals surface area contributed by atoms with Crippen molar-refractivity contribution in [3.8, 4) is 0 Å². The van der Waals surface area contributed by atoms with Gasteiger partial charge in [-0.05, 0) is 48.9 Å². The molecule has 2 atom stereocenters. The fraction of sp³-hybridized carbons (Fsp3) is 0.571. The van der Waals surface area contributed by atoms with Crippen molar-refractivity contribution >= 4 is 26.0 Å². The lowest BCUT2D eigenvalue weighted by Crippen LogP contribution is -2.39. The summed E-state index contributed by atoms with van der Waals surface area (Å²) in [5, 5.41) is 10.3. The van der Waals surface area contributed by atoms with Gasteiger partial charge in [0.25, 0.3) is 0 Å². The summed E-state index contributed by atoms with van der Waals surface area (Å²) in [5.74, 6) is -0.314. The summed E-state index contributed by atoms with van der Waals surface area (Å²) in [6.07, 6.45) is 2.51. The fourth-order valence-corrected chi connectivity index (χ4v) is 4.17. The second kappa shape index (κ2) is 6.73. The number of piperidine rings is 1. The molecule has 2 rings (SSSR count). The van der Waals surface area contributed by atoms with E-state index in [2.05, 4.69) is 15.9 Å². The van der Waals surface area contributed by atoms with Crippen LogP contribution in [-0.2, 0) is 10.0 Å². The van der Waals surface area contributed by atoms with E-state index >= 15 is 0 Å². The number of aliphatic hydroxyl groups excluding tert-OH is 1. The van der Waals surface area contributed by atoms with E-state index in [1.54, 1.807) is 6.07 Å². The van der Waals surface area contributed by atoms with Crippen LogP contribution in [0.15, 0.2) is 22.7 Å². The molecule has 1 saturated heterocycles. The van der Waals surface area contributed by atoms with Crippen LogP contribution < -0.4 is 0 Å². The zero-order valence-corrected chi connectivity index (χ0v) is 14.2. The fourth-order valence-electron chi connectivity index (χ4n) is 2.74. The van der Waals surface area contributed by atoms with Crippen LogP contribution >= 0.6 is 15.9 Å². The lowest BCUT2D eigenvalue weighted by atomic mass is 9.91. The van der Waals surface area contributed by atoms with Crippen molar-refractivity contribution in [3.05, 3.63) is 34.1 Å². The highest BCUT2D eigenvalue weighted by Crippen LogP contribution is 2.30. The molecule has 1 aromatic carbocycles. The van der Waals surface area contributed by atoms with Gasteiger partial charge in [0, 0.05) is 17.6 Å². The quantitative estimate of drug-likeness (QED) is 0.874. The third-order valence-electron chi connectivity index (χ3n) is 3.78.